The highest BCUT2D eigenvalue weighted by Gasteiger charge is 2.29. The minimum Gasteiger partial charge on any atom is -0.480 e. The average molecular weight is 500 g/mol. The molecule has 0 bridgehead atoms. The molecule has 4 atom stereocenters. The van der Waals surface area contributed by atoms with E-state index in [0.717, 1.165) is 5.56 Å². The van der Waals surface area contributed by atoms with E-state index >= 15 is 0 Å². The summed E-state index contributed by atoms with van der Waals surface area (Å²) in [4.78, 5) is 59.6. The van der Waals surface area contributed by atoms with Crippen molar-refractivity contribution in [3.63, 3.8) is 0 Å². The Bertz CT molecular complexity index is 841. The normalized spacial score (nSPS) is 14.3. The second-order valence-electron chi connectivity index (χ2n) is 7.19. The van der Waals surface area contributed by atoms with Crippen molar-refractivity contribution < 1.29 is 29.1 Å². The van der Waals surface area contributed by atoms with Gasteiger partial charge in [-0.3, -0.25) is 19.2 Å². The maximum atomic E-state index is 12.6. The van der Waals surface area contributed by atoms with Crippen LogP contribution in [-0.4, -0.2) is 70.4 Å². The Balaban J connectivity index is 2.70. The van der Waals surface area contributed by atoms with Crippen molar-refractivity contribution in [3.05, 3.63) is 35.9 Å². The van der Waals surface area contributed by atoms with Gasteiger partial charge < -0.3 is 32.5 Å². The van der Waals surface area contributed by atoms with Crippen molar-refractivity contribution in [1.29, 1.82) is 0 Å². The van der Waals surface area contributed by atoms with Gasteiger partial charge in [-0.2, -0.15) is 25.3 Å². The van der Waals surface area contributed by atoms with Crippen LogP contribution in [0.2, 0.25) is 0 Å². The maximum Gasteiger partial charge on any atom is 0.326 e. The first-order valence-electron chi connectivity index (χ1n) is 10.0. The lowest BCUT2D eigenvalue weighted by Crippen LogP contribution is -2.58. The van der Waals surface area contributed by atoms with Crippen LogP contribution in [0.25, 0.3) is 0 Å². The lowest BCUT2D eigenvalue weighted by molar-refractivity contribution is -0.142. The van der Waals surface area contributed by atoms with Crippen molar-refractivity contribution in [3.8, 4) is 0 Å². The number of carboxylic acid groups (broad SMARTS) is 1. The monoisotopic (exact) mass is 499 g/mol. The van der Waals surface area contributed by atoms with Gasteiger partial charge in [-0.15, -0.1) is 0 Å². The number of rotatable bonds is 14. The van der Waals surface area contributed by atoms with E-state index in [-0.39, 0.29) is 30.8 Å². The zero-order valence-corrected chi connectivity index (χ0v) is 19.6. The molecule has 0 aliphatic rings. The van der Waals surface area contributed by atoms with E-state index in [1.165, 1.54) is 0 Å². The first-order valence-corrected chi connectivity index (χ1v) is 11.3. The third kappa shape index (κ3) is 10.1. The number of aliphatic carboxylic acids is 1. The Labute approximate surface area is 202 Å². The van der Waals surface area contributed by atoms with E-state index < -0.39 is 53.8 Å². The summed E-state index contributed by atoms with van der Waals surface area (Å²) < 4.78 is 0. The quantitative estimate of drug-likeness (QED) is 0.139. The first kappa shape index (κ1) is 28.3. The molecule has 0 radical (unpaired) electrons. The Morgan fingerprint density at radius 2 is 1.33 bits per heavy atom. The number of amides is 4. The number of hydrogen-bond acceptors (Lipinski definition) is 8. The van der Waals surface area contributed by atoms with Crippen LogP contribution >= 0.6 is 25.3 Å². The van der Waals surface area contributed by atoms with Crippen LogP contribution in [0.5, 0.6) is 0 Å². The number of carboxylic acids is 1. The van der Waals surface area contributed by atoms with Gasteiger partial charge in [0.25, 0.3) is 0 Å². The van der Waals surface area contributed by atoms with Crippen molar-refractivity contribution in [2.24, 2.45) is 11.5 Å². The molecule has 0 aromatic heterocycles. The summed E-state index contributed by atoms with van der Waals surface area (Å²) in [6, 6.07) is 4.52. The summed E-state index contributed by atoms with van der Waals surface area (Å²) in [5.74, 6) is -4.41. The van der Waals surface area contributed by atoms with Crippen LogP contribution in [0, 0.1) is 0 Å². The van der Waals surface area contributed by atoms with Crippen molar-refractivity contribution in [1.82, 2.24) is 16.0 Å². The number of primary amides is 1. The summed E-state index contributed by atoms with van der Waals surface area (Å²) in [6.07, 6.45) is -0.193. The summed E-state index contributed by atoms with van der Waals surface area (Å²) in [7, 11) is 0. The number of carbonyl (C=O) groups excluding carboxylic acids is 4. The summed E-state index contributed by atoms with van der Waals surface area (Å²) >= 11 is 8.09. The smallest absolute Gasteiger partial charge is 0.326 e. The molecular weight excluding hydrogens is 470 g/mol. The third-order valence-electron chi connectivity index (χ3n) is 4.56. The second-order valence-corrected chi connectivity index (χ2v) is 7.92. The predicted octanol–water partition coefficient (Wildman–Crippen LogP) is -1.78. The van der Waals surface area contributed by atoms with Crippen molar-refractivity contribution in [2.75, 3.05) is 11.5 Å². The van der Waals surface area contributed by atoms with Gasteiger partial charge in [-0.25, -0.2) is 4.79 Å². The molecule has 4 amide bonds. The topological polar surface area (TPSA) is 194 Å². The number of thiol groups is 2. The number of carbonyl (C=O) groups is 5. The average Bonchev–Trinajstić information content (AvgIpc) is 2.78. The van der Waals surface area contributed by atoms with Gasteiger partial charge in [-0.1, -0.05) is 30.3 Å². The van der Waals surface area contributed by atoms with Crippen LogP contribution in [0.3, 0.4) is 0 Å². The standard InChI is InChI=1S/C20H29N5O6S2/c21-12(8-11-4-2-1-3-5-11)17(27)24-14(9-32)19(29)25-15(10-33)18(28)23-13(20(30)31)6-7-16(22)26/h1-5,12-15,32-33H,6-10,21H2,(H2,22,26)(H,23,28)(H,24,27)(H,25,29)(H,30,31). The highest BCUT2D eigenvalue weighted by atomic mass is 32.1. The number of benzene rings is 1. The van der Waals surface area contributed by atoms with Gasteiger partial charge in [0.2, 0.25) is 23.6 Å². The molecule has 33 heavy (non-hydrogen) atoms. The van der Waals surface area contributed by atoms with Crippen LogP contribution in [-0.2, 0) is 30.4 Å². The van der Waals surface area contributed by atoms with Crippen LogP contribution in [0.1, 0.15) is 18.4 Å². The molecular formula is C20H29N5O6S2. The van der Waals surface area contributed by atoms with E-state index in [4.69, 9.17) is 11.5 Å². The molecule has 0 spiro atoms. The zero-order valence-electron chi connectivity index (χ0n) is 17.8. The third-order valence-corrected chi connectivity index (χ3v) is 5.29. The molecule has 4 unspecified atom stereocenters. The zero-order chi connectivity index (χ0) is 25.0. The fourth-order valence-corrected chi connectivity index (χ4v) is 3.23. The van der Waals surface area contributed by atoms with E-state index in [1.54, 1.807) is 0 Å². The fourth-order valence-electron chi connectivity index (χ4n) is 2.72. The fraction of sp³-hybridized carbons (Fsp3) is 0.450. The number of nitrogens with two attached hydrogens (primary N) is 2. The van der Waals surface area contributed by atoms with E-state index in [2.05, 4.69) is 41.2 Å². The second kappa shape index (κ2) is 14.4. The molecule has 1 rings (SSSR count). The van der Waals surface area contributed by atoms with Gasteiger partial charge in [0, 0.05) is 17.9 Å². The van der Waals surface area contributed by atoms with E-state index in [1.807, 2.05) is 30.3 Å². The number of hydrogen-bond donors (Lipinski definition) is 8. The van der Waals surface area contributed by atoms with E-state index in [0.29, 0.717) is 0 Å². The first-order chi connectivity index (χ1) is 15.6. The summed E-state index contributed by atoms with van der Waals surface area (Å²) in [5, 5.41) is 16.3. The molecule has 0 heterocycles. The summed E-state index contributed by atoms with van der Waals surface area (Å²) in [6.45, 7) is 0. The minimum absolute atomic E-state index is 0.0765. The molecule has 13 heteroatoms. The lowest BCUT2D eigenvalue weighted by Gasteiger charge is -2.23. The predicted molar refractivity (Wildman–Crippen MR) is 128 cm³/mol. The molecule has 0 saturated carbocycles. The minimum atomic E-state index is -1.37. The lowest BCUT2D eigenvalue weighted by atomic mass is 10.1. The molecule has 0 fully saturated rings. The molecule has 0 saturated heterocycles. The molecule has 1 aromatic carbocycles. The molecule has 1 aromatic rings. The van der Waals surface area contributed by atoms with Crippen molar-refractivity contribution in [2.45, 2.75) is 43.4 Å². The Morgan fingerprint density at radius 1 is 0.848 bits per heavy atom. The van der Waals surface area contributed by atoms with Gasteiger partial charge in [0.15, 0.2) is 0 Å². The summed E-state index contributed by atoms with van der Waals surface area (Å²) in [5.41, 5.74) is 11.8. The van der Waals surface area contributed by atoms with Gasteiger partial charge in [0.05, 0.1) is 6.04 Å². The van der Waals surface area contributed by atoms with Gasteiger partial charge in [-0.05, 0) is 18.4 Å². The highest BCUT2D eigenvalue weighted by Crippen LogP contribution is 2.03. The van der Waals surface area contributed by atoms with Crippen LogP contribution in [0.15, 0.2) is 30.3 Å². The molecule has 0 aliphatic heterocycles. The Morgan fingerprint density at radius 3 is 1.79 bits per heavy atom. The maximum absolute atomic E-state index is 12.6. The van der Waals surface area contributed by atoms with Crippen molar-refractivity contribution >= 4 is 54.9 Å². The largest absolute Gasteiger partial charge is 0.480 e. The van der Waals surface area contributed by atoms with Gasteiger partial charge in [0.1, 0.15) is 18.1 Å². The Kier molecular flexibility index (Phi) is 12.3. The Hall–Kier alpha value is -2.77. The SMILES string of the molecule is NC(=O)CCC(NC(=O)C(CS)NC(=O)C(CS)NC(=O)C(N)Cc1ccccc1)C(=O)O. The van der Waals surface area contributed by atoms with Crippen LogP contribution < -0.4 is 27.4 Å². The molecule has 182 valence electrons. The van der Waals surface area contributed by atoms with Gasteiger partial charge >= 0.3 is 5.97 Å². The highest BCUT2D eigenvalue weighted by molar-refractivity contribution is 7.80. The molecule has 0 aliphatic carbocycles. The number of nitrogens with one attached hydrogen (secondary N) is 3. The van der Waals surface area contributed by atoms with Crippen LogP contribution in [0.4, 0.5) is 0 Å². The molecule has 8 N–H and O–H groups in total. The van der Waals surface area contributed by atoms with E-state index in [9.17, 15) is 29.1 Å². The molecule has 11 nitrogen and oxygen atoms in total.